The van der Waals surface area contributed by atoms with Crippen LogP contribution >= 0.6 is 0 Å². The molecule has 0 N–H and O–H groups in total. The van der Waals surface area contributed by atoms with Gasteiger partial charge in [-0.05, 0) is 79.7 Å². The van der Waals surface area contributed by atoms with Crippen LogP contribution in [0.5, 0.6) is 11.5 Å². The maximum absolute atomic E-state index is 13.2. The molecule has 5 rings (SSSR count). The van der Waals surface area contributed by atoms with E-state index in [0.717, 1.165) is 11.3 Å². The smallest absolute Gasteiger partial charge is 0.343 e. The molecule has 0 unspecified atom stereocenters. The van der Waals surface area contributed by atoms with Gasteiger partial charge in [0.25, 0.3) is 0 Å². The van der Waals surface area contributed by atoms with Crippen molar-refractivity contribution in [3.8, 4) is 28.4 Å². The third-order valence-electron chi connectivity index (χ3n) is 6.33. The highest BCUT2D eigenvalue weighted by Gasteiger charge is 2.21. The minimum atomic E-state index is -0.685. The summed E-state index contributed by atoms with van der Waals surface area (Å²) in [6.07, 6.45) is 1.58. The number of methoxy groups -OCH3 is 1. The van der Waals surface area contributed by atoms with Crippen molar-refractivity contribution in [3.05, 3.63) is 132 Å². The van der Waals surface area contributed by atoms with Crippen molar-refractivity contribution in [1.29, 1.82) is 0 Å². The molecule has 1 heterocycles. The zero-order valence-electron chi connectivity index (χ0n) is 22.4. The number of Topliss-reactive ketones (excluding diaryl/α,β-unsaturated/α-hetero) is 1. The van der Waals surface area contributed by atoms with Crippen molar-refractivity contribution in [2.45, 2.75) is 6.92 Å². The number of ketones is 1. The van der Waals surface area contributed by atoms with Crippen LogP contribution in [0.4, 0.5) is 0 Å². The monoisotopic (exact) mass is 546 g/mol. The van der Waals surface area contributed by atoms with Gasteiger partial charge in [0.1, 0.15) is 22.8 Å². The van der Waals surface area contributed by atoms with E-state index in [2.05, 4.69) is 5.10 Å². The summed E-state index contributed by atoms with van der Waals surface area (Å²) in [6, 6.07) is 29.6. The molecule has 0 aliphatic carbocycles. The van der Waals surface area contributed by atoms with Gasteiger partial charge in [-0.2, -0.15) is 5.10 Å². The first-order chi connectivity index (χ1) is 19.9. The number of ether oxygens (including phenoxy) is 3. The van der Waals surface area contributed by atoms with E-state index in [1.54, 1.807) is 54.4 Å². The fourth-order valence-corrected chi connectivity index (χ4v) is 4.06. The average molecular weight is 547 g/mol. The third kappa shape index (κ3) is 6.39. The molecule has 0 amide bonds. The van der Waals surface area contributed by atoms with Crippen molar-refractivity contribution in [2.24, 2.45) is 0 Å². The third-order valence-corrected chi connectivity index (χ3v) is 6.33. The number of benzene rings is 4. The fraction of sp³-hybridized carbons (Fsp3) is 0.0909. The van der Waals surface area contributed by atoms with Crippen LogP contribution in [0.25, 0.3) is 16.9 Å². The van der Waals surface area contributed by atoms with Crippen molar-refractivity contribution >= 4 is 17.7 Å². The maximum atomic E-state index is 13.2. The van der Waals surface area contributed by atoms with Gasteiger partial charge in [0, 0.05) is 17.3 Å². The van der Waals surface area contributed by atoms with Crippen LogP contribution in [0.15, 0.2) is 109 Å². The highest BCUT2D eigenvalue weighted by atomic mass is 16.5. The van der Waals surface area contributed by atoms with Gasteiger partial charge in [-0.1, -0.05) is 35.9 Å². The van der Waals surface area contributed by atoms with Gasteiger partial charge >= 0.3 is 11.9 Å². The Kier molecular flexibility index (Phi) is 8.01. The molecule has 41 heavy (non-hydrogen) atoms. The number of para-hydroxylation sites is 1. The molecule has 0 aliphatic rings. The molecule has 0 saturated carbocycles. The van der Waals surface area contributed by atoms with E-state index in [4.69, 9.17) is 14.2 Å². The summed E-state index contributed by atoms with van der Waals surface area (Å²) in [5.41, 5.74) is 3.84. The SMILES string of the molecule is COc1ccc(-c2nn(-c3ccccc3)cc2C(=O)OCC(=O)c2ccc(OC(=O)c3ccc(C)cc3)cc2)cc1. The normalized spacial score (nSPS) is 10.6. The zero-order chi connectivity index (χ0) is 28.8. The van der Waals surface area contributed by atoms with Gasteiger partial charge in [-0.3, -0.25) is 4.79 Å². The molecule has 0 saturated heterocycles. The first-order valence-electron chi connectivity index (χ1n) is 12.8. The first-order valence-corrected chi connectivity index (χ1v) is 12.8. The van der Waals surface area contributed by atoms with Gasteiger partial charge in [-0.15, -0.1) is 0 Å². The number of hydrogen-bond acceptors (Lipinski definition) is 7. The molecule has 8 nitrogen and oxygen atoms in total. The lowest BCUT2D eigenvalue weighted by atomic mass is 10.1. The summed E-state index contributed by atoms with van der Waals surface area (Å²) < 4.78 is 17.6. The van der Waals surface area contributed by atoms with E-state index < -0.39 is 24.3 Å². The van der Waals surface area contributed by atoms with E-state index in [1.807, 2.05) is 49.4 Å². The van der Waals surface area contributed by atoms with Crippen LogP contribution in [-0.4, -0.2) is 41.2 Å². The number of aryl methyl sites for hydroxylation is 1. The number of hydrogen-bond donors (Lipinski definition) is 0. The number of nitrogens with zero attached hydrogens (tertiary/aromatic N) is 2. The molecule has 0 spiro atoms. The summed E-state index contributed by atoms with van der Waals surface area (Å²) in [5, 5.41) is 4.62. The molecular formula is C33H26N2O6. The molecule has 4 aromatic carbocycles. The first kappa shape index (κ1) is 27.1. The van der Waals surface area contributed by atoms with Crippen molar-refractivity contribution in [3.63, 3.8) is 0 Å². The highest BCUT2D eigenvalue weighted by Crippen LogP contribution is 2.26. The molecule has 0 bridgehead atoms. The Morgan fingerprint density at radius 3 is 2.02 bits per heavy atom. The van der Waals surface area contributed by atoms with Crippen LogP contribution < -0.4 is 9.47 Å². The zero-order valence-corrected chi connectivity index (χ0v) is 22.4. The molecule has 8 heteroatoms. The lowest BCUT2D eigenvalue weighted by molar-refractivity contribution is 0.0475. The number of aromatic nitrogens is 2. The minimum Gasteiger partial charge on any atom is -0.497 e. The maximum Gasteiger partial charge on any atom is 0.343 e. The predicted octanol–water partition coefficient (Wildman–Crippen LogP) is 6.12. The summed E-state index contributed by atoms with van der Waals surface area (Å²) in [6.45, 7) is 1.46. The Bertz CT molecular complexity index is 1670. The molecule has 5 aromatic rings. The van der Waals surface area contributed by atoms with Gasteiger partial charge in [-0.25, -0.2) is 14.3 Å². The number of carbonyl (C=O) groups is 3. The lowest BCUT2D eigenvalue weighted by Gasteiger charge is -2.07. The fourth-order valence-electron chi connectivity index (χ4n) is 4.06. The quantitative estimate of drug-likeness (QED) is 0.125. The Balaban J connectivity index is 1.28. The minimum absolute atomic E-state index is 0.213. The average Bonchev–Trinajstić information content (AvgIpc) is 3.47. The van der Waals surface area contributed by atoms with E-state index in [0.29, 0.717) is 33.9 Å². The van der Waals surface area contributed by atoms with Crippen molar-refractivity contribution in [1.82, 2.24) is 9.78 Å². The van der Waals surface area contributed by atoms with Crippen LogP contribution in [0.2, 0.25) is 0 Å². The van der Waals surface area contributed by atoms with Crippen LogP contribution in [0, 0.1) is 6.92 Å². The Labute approximate surface area is 236 Å². The van der Waals surface area contributed by atoms with E-state index >= 15 is 0 Å². The molecule has 0 atom stereocenters. The highest BCUT2D eigenvalue weighted by molar-refractivity contribution is 6.01. The van der Waals surface area contributed by atoms with Crippen LogP contribution in [-0.2, 0) is 4.74 Å². The van der Waals surface area contributed by atoms with E-state index in [9.17, 15) is 14.4 Å². The second kappa shape index (κ2) is 12.1. The molecule has 204 valence electrons. The molecule has 0 fully saturated rings. The molecule has 0 aliphatic heterocycles. The van der Waals surface area contributed by atoms with Crippen molar-refractivity contribution in [2.75, 3.05) is 13.7 Å². The van der Waals surface area contributed by atoms with Crippen LogP contribution in [0.1, 0.15) is 36.6 Å². The van der Waals surface area contributed by atoms with E-state index in [1.165, 1.54) is 24.3 Å². The molecule has 1 aromatic heterocycles. The lowest BCUT2D eigenvalue weighted by Crippen LogP contribution is -2.14. The summed E-state index contributed by atoms with van der Waals surface area (Å²) in [7, 11) is 1.57. The standard InChI is InChI=1S/C33H26N2O6/c1-22-8-10-25(11-9-22)32(37)41-28-18-12-23(13-19-28)30(36)21-40-33(38)29-20-35(26-6-4-3-5-7-26)34-31(29)24-14-16-27(39-2)17-15-24/h3-20H,21H2,1-2H3. The predicted molar refractivity (Wildman–Crippen MR) is 153 cm³/mol. The van der Waals surface area contributed by atoms with Crippen LogP contribution in [0.3, 0.4) is 0 Å². The second-order valence-corrected chi connectivity index (χ2v) is 9.18. The van der Waals surface area contributed by atoms with Gasteiger partial charge in [0.05, 0.1) is 18.4 Å². The Morgan fingerprint density at radius 1 is 0.732 bits per heavy atom. The summed E-state index contributed by atoms with van der Waals surface area (Å²) in [4.78, 5) is 38.3. The topological polar surface area (TPSA) is 96.7 Å². The van der Waals surface area contributed by atoms with Gasteiger partial charge in [0.2, 0.25) is 0 Å². The Hall–Kier alpha value is -5.50. The Morgan fingerprint density at radius 2 is 1.37 bits per heavy atom. The second-order valence-electron chi connectivity index (χ2n) is 9.18. The summed E-state index contributed by atoms with van der Waals surface area (Å²) in [5.74, 6) is -0.628. The molecular weight excluding hydrogens is 520 g/mol. The van der Waals surface area contributed by atoms with Gasteiger partial charge in [0.15, 0.2) is 12.4 Å². The van der Waals surface area contributed by atoms with Gasteiger partial charge < -0.3 is 14.2 Å². The number of esters is 2. The largest absolute Gasteiger partial charge is 0.497 e. The van der Waals surface area contributed by atoms with Crippen molar-refractivity contribution < 1.29 is 28.6 Å². The number of rotatable bonds is 9. The summed E-state index contributed by atoms with van der Waals surface area (Å²) >= 11 is 0. The number of carbonyl (C=O) groups excluding carboxylic acids is 3. The molecule has 0 radical (unpaired) electrons. The van der Waals surface area contributed by atoms with E-state index in [-0.39, 0.29) is 5.56 Å².